The number of unbranched alkanes of at least 4 members (excludes halogenated alkanes) is 26. The molecule has 0 rings (SSSR count). The van der Waals surface area contributed by atoms with Crippen LogP contribution in [0, 0.1) is 0 Å². The van der Waals surface area contributed by atoms with Gasteiger partial charge in [-0.2, -0.15) is 0 Å². The van der Waals surface area contributed by atoms with Crippen molar-refractivity contribution < 1.29 is 28.6 Å². The lowest BCUT2D eigenvalue weighted by Crippen LogP contribution is -2.30. The Labute approximate surface area is 438 Å². The Morgan fingerprint density at radius 3 is 0.944 bits per heavy atom. The zero-order chi connectivity index (χ0) is 51.4. The quantitative estimate of drug-likeness (QED) is 0.0261. The third-order valence-corrected chi connectivity index (χ3v) is 12.5. The molecule has 0 heterocycles. The Kier molecular flexibility index (Phi) is 55.9. The summed E-state index contributed by atoms with van der Waals surface area (Å²) in [5.74, 6) is -0.967. The molecule has 0 aromatic carbocycles. The summed E-state index contributed by atoms with van der Waals surface area (Å²) in [6.45, 7) is 6.46. The first-order valence-electron chi connectivity index (χ1n) is 29.7. The van der Waals surface area contributed by atoms with Gasteiger partial charge in [-0.05, 0) is 116 Å². The molecule has 0 radical (unpaired) electrons. The normalized spacial score (nSPS) is 12.8. The highest BCUT2D eigenvalue weighted by atomic mass is 16.6. The molecule has 0 amide bonds. The fraction of sp³-hybridized carbons (Fsp3) is 0.708. The fourth-order valence-electron chi connectivity index (χ4n) is 8.09. The summed E-state index contributed by atoms with van der Waals surface area (Å²) in [7, 11) is 0. The van der Waals surface area contributed by atoms with Crippen LogP contribution >= 0.6 is 0 Å². The molecule has 6 heteroatoms. The van der Waals surface area contributed by atoms with Gasteiger partial charge in [-0.15, -0.1) is 0 Å². The molecule has 0 aromatic heterocycles. The maximum atomic E-state index is 12.8. The lowest BCUT2D eigenvalue weighted by molar-refractivity contribution is -0.167. The number of carbonyl (C=O) groups excluding carboxylic acids is 3. The summed E-state index contributed by atoms with van der Waals surface area (Å²) in [5.41, 5.74) is 0. The molecule has 0 aliphatic carbocycles. The Morgan fingerprint density at radius 1 is 0.296 bits per heavy atom. The van der Waals surface area contributed by atoms with Gasteiger partial charge in [-0.3, -0.25) is 14.4 Å². The summed E-state index contributed by atoms with van der Waals surface area (Å²) >= 11 is 0. The second kappa shape index (κ2) is 58.9. The van der Waals surface area contributed by atoms with E-state index in [-0.39, 0.29) is 37.5 Å². The van der Waals surface area contributed by atoms with Crippen LogP contribution in [0.15, 0.2) is 97.2 Å². The van der Waals surface area contributed by atoms with Gasteiger partial charge in [0.25, 0.3) is 0 Å². The van der Waals surface area contributed by atoms with Gasteiger partial charge in [0.1, 0.15) is 13.2 Å². The van der Waals surface area contributed by atoms with Crippen molar-refractivity contribution in [2.75, 3.05) is 13.2 Å². The molecule has 0 aliphatic rings. The van der Waals surface area contributed by atoms with E-state index in [1.54, 1.807) is 0 Å². The Bertz CT molecular complexity index is 1410. The van der Waals surface area contributed by atoms with Crippen LogP contribution < -0.4 is 0 Å². The predicted molar refractivity (Wildman–Crippen MR) is 307 cm³/mol. The lowest BCUT2D eigenvalue weighted by atomic mass is 10.1. The Morgan fingerprint density at radius 2 is 0.563 bits per heavy atom. The molecule has 0 unspecified atom stereocenters. The van der Waals surface area contributed by atoms with Gasteiger partial charge in [0.2, 0.25) is 0 Å². The molecule has 0 aromatic rings. The zero-order valence-electron chi connectivity index (χ0n) is 46.5. The first-order chi connectivity index (χ1) is 35.0. The van der Waals surface area contributed by atoms with E-state index in [0.29, 0.717) is 19.3 Å². The molecular formula is C65H110O6. The average Bonchev–Trinajstić information content (AvgIpc) is 3.37. The van der Waals surface area contributed by atoms with Crippen molar-refractivity contribution in [3.8, 4) is 0 Å². The maximum Gasteiger partial charge on any atom is 0.306 e. The van der Waals surface area contributed by atoms with Gasteiger partial charge >= 0.3 is 17.9 Å². The molecule has 71 heavy (non-hydrogen) atoms. The molecule has 0 bridgehead atoms. The summed E-state index contributed by atoms with van der Waals surface area (Å²) in [5, 5.41) is 0. The molecule has 0 saturated heterocycles. The summed E-state index contributed by atoms with van der Waals surface area (Å²) in [6, 6.07) is 0. The molecule has 6 nitrogen and oxygen atoms in total. The highest BCUT2D eigenvalue weighted by molar-refractivity contribution is 5.71. The van der Waals surface area contributed by atoms with Gasteiger partial charge < -0.3 is 14.2 Å². The van der Waals surface area contributed by atoms with Gasteiger partial charge in [0.05, 0.1) is 0 Å². The highest BCUT2D eigenvalue weighted by Crippen LogP contribution is 2.15. The zero-order valence-corrected chi connectivity index (χ0v) is 46.5. The first-order valence-corrected chi connectivity index (χ1v) is 29.7. The van der Waals surface area contributed by atoms with Crippen LogP contribution in [-0.2, 0) is 28.6 Å². The van der Waals surface area contributed by atoms with Gasteiger partial charge in [-0.25, -0.2) is 0 Å². The number of hydrogen-bond acceptors (Lipinski definition) is 6. The maximum absolute atomic E-state index is 12.8. The number of esters is 3. The van der Waals surface area contributed by atoms with Crippen LogP contribution in [-0.4, -0.2) is 37.2 Å². The summed E-state index contributed by atoms with van der Waals surface area (Å²) < 4.78 is 16.8. The SMILES string of the molecule is CC/C=C/C/C=C/C/C=C/C/C=C/C/C=C/CCCC(=O)O[C@H](COC(=O)CCCCCCCCC/C=C/C/C=C/CCCCC)COC(=O)CCCCCCCCCCC/C=C/CCCCCCCC. The van der Waals surface area contributed by atoms with Crippen molar-refractivity contribution in [3.05, 3.63) is 97.2 Å². The van der Waals surface area contributed by atoms with E-state index in [1.807, 2.05) is 0 Å². The van der Waals surface area contributed by atoms with Gasteiger partial charge in [0, 0.05) is 19.3 Å². The van der Waals surface area contributed by atoms with E-state index in [4.69, 9.17) is 14.2 Å². The van der Waals surface area contributed by atoms with E-state index in [2.05, 4.69) is 118 Å². The second-order valence-corrected chi connectivity index (χ2v) is 19.5. The van der Waals surface area contributed by atoms with Gasteiger partial charge in [-0.1, -0.05) is 240 Å². The molecule has 406 valence electrons. The standard InChI is InChI=1S/C65H110O6/c1-4-7-10-13-16-19-22-25-28-31-32-35-37-40-43-46-49-52-55-58-64(67)70-61-62(71-65(68)59-56-53-50-47-44-41-38-34-30-27-24-21-18-15-12-9-6-3)60-69-63(66)57-54-51-48-45-42-39-36-33-29-26-23-20-17-14-11-8-5-2/h9,12,17-18,20-21,25-30,38,41,47,50,62H,4-8,10-11,13-16,19,22-24,31-37,39-40,42-46,48-49,51-61H2,1-3H3/b12-9+,20-17+,21-18+,28-25+,29-26+,30-27+,41-38+,50-47+/t62-/m1/s1. The fourth-order valence-corrected chi connectivity index (χ4v) is 8.09. The third kappa shape index (κ3) is 57.1. The van der Waals surface area contributed by atoms with Crippen LogP contribution in [0.1, 0.15) is 278 Å². The molecule has 0 aliphatic heterocycles. The van der Waals surface area contributed by atoms with Crippen LogP contribution in [0.4, 0.5) is 0 Å². The van der Waals surface area contributed by atoms with E-state index in [1.165, 1.54) is 141 Å². The van der Waals surface area contributed by atoms with Crippen molar-refractivity contribution in [2.24, 2.45) is 0 Å². The summed E-state index contributed by atoms with van der Waals surface area (Å²) in [4.78, 5) is 38.2. The topological polar surface area (TPSA) is 78.9 Å². The molecule has 0 fully saturated rings. The number of allylic oxidation sites excluding steroid dienone is 16. The Hall–Kier alpha value is -3.67. The van der Waals surface area contributed by atoms with Crippen molar-refractivity contribution in [2.45, 2.75) is 284 Å². The van der Waals surface area contributed by atoms with Gasteiger partial charge in [0.15, 0.2) is 6.10 Å². The molecular weight excluding hydrogens is 877 g/mol. The average molecular weight is 988 g/mol. The highest BCUT2D eigenvalue weighted by Gasteiger charge is 2.19. The first kappa shape index (κ1) is 67.3. The van der Waals surface area contributed by atoms with E-state index >= 15 is 0 Å². The minimum absolute atomic E-state index is 0.104. The minimum atomic E-state index is -0.813. The Balaban J connectivity index is 4.47. The molecule has 1 atom stereocenters. The molecule has 0 N–H and O–H groups in total. The summed E-state index contributed by atoms with van der Waals surface area (Å²) in [6.07, 6.45) is 78.3. The minimum Gasteiger partial charge on any atom is -0.462 e. The van der Waals surface area contributed by atoms with Crippen LogP contribution in [0.25, 0.3) is 0 Å². The van der Waals surface area contributed by atoms with Crippen molar-refractivity contribution in [1.82, 2.24) is 0 Å². The van der Waals surface area contributed by atoms with Crippen LogP contribution in [0.3, 0.4) is 0 Å². The third-order valence-electron chi connectivity index (χ3n) is 12.5. The molecule has 0 spiro atoms. The number of rotatable bonds is 53. The molecule has 0 saturated carbocycles. The van der Waals surface area contributed by atoms with E-state index in [9.17, 15) is 14.4 Å². The van der Waals surface area contributed by atoms with E-state index < -0.39 is 6.10 Å². The van der Waals surface area contributed by atoms with Crippen molar-refractivity contribution >= 4 is 17.9 Å². The van der Waals surface area contributed by atoms with Crippen LogP contribution in [0.5, 0.6) is 0 Å². The monoisotopic (exact) mass is 987 g/mol. The van der Waals surface area contributed by atoms with Crippen molar-refractivity contribution in [1.29, 1.82) is 0 Å². The van der Waals surface area contributed by atoms with E-state index in [0.717, 1.165) is 89.9 Å². The predicted octanol–water partition coefficient (Wildman–Crippen LogP) is 20.1. The van der Waals surface area contributed by atoms with Crippen LogP contribution in [0.2, 0.25) is 0 Å². The number of ether oxygens (including phenoxy) is 3. The number of hydrogen-bond donors (Lipinski definition) is 0. The number of carbonyl (C=O) groups is 3. The van der Waals surface area contributed by atoms with Crippen molar-refractivity contribution in [3.63, 3.8) is 0 Å². The lowest BCUT2D eigenvalue weighted by Gasteiger charge is -2.18. The smallest absolute Gasteiger partial charge is 0.306 e. The largest absolute Gasteiger partial charge is 0.462 e. The second-order valence-electron chi connectivity index (χ2n) is 19.5.